The molecule has 1 atom stereocenters. The fraction of sp³-hybridized carbons (Fsp3) is 0.625. The maximum atomic E-state index is 6.28. The number of halogens is 1. The average molecular weight is 284 g/mol. The van der Waals surface area contributed by atoms with Crippen molar-refractivity contribution in [3.8, 4) is 5.75 Å². The van der Waals surface area contributed by atoms with E-state index in [0.29, 0.717) is 12.6 Å². The summed E-state index contributed by atoms with van der Waals surface area (Å²) in [7, 11) is 0. The first-order valence-corrected chi connectivity index (χ1v) is 7.55. The van der Waals surface area contributed by atoms with E-state index in [2.05, 4.69) is 20.8 Å². The molecule has 1 rings (SSSR count). The number of benzene rings is 1. The summed E-state index contributed by atoms with van der Waals surface area (Å²) >= 11 is 6.28. The van der Waals surface area contributed by atoms with Gasteiger partial charge in [0.1, 0.15) is 5.75 Å². The highest BCUT2D eigenvalue weighted by atomic mass is 35.5. The van der Waals surface area contributed by atoms with Crippen molar-refractivity contribution in [3.05, 3.63) is 27.8 Å². The van der Waals surface area contributed by atoms with Gasteiger partial charge >= 0.3 is 0 Å². The summed E-state index contributed by atoms with van der Waals surface area (Å²) in [6.07, 6.45) is 4.14. The molecular weight excluding hydrogens is 258 g/mol. The Bertz CT molecular complexity index is 418. The Morgan fingerprint density at radius 2 is 2.00 bits per heavy atom. The van der Waals surface area contributed by atoms with E-state index in [9.17, 15) is 0 Å². The molecule has 3 heteroatoms. The third-order valence-corrected chi connectivity index (χ3v) is 3.99. The van der Waals surface area contributed by atoms with Crippen molar-refractivity contribution in [1.82, 2.24) is 0 Å². The molecule has 0 fully saturated rings. The molecule has 0 aliphatic heterocycles. The highest BCUT2D eigenvalue weighted by molar-refractivity contribution is 6.31. The highest BCUT2D eigenvalue weighted by Gasteiger charge is 2.14. The van der Waals surface area contributed by atoms with Crippen LogP contribution >= 0.6 is 11.6 Å². The van der Waals surface area contributed by atoms with Crippen LogP contribution in [0.15, 0.2) is 6.07 Å². The first kappa shape index (κ1) is 16.3. The molecule has 0 spiro atoms. The monoisotopic (exact) mass is 283 g/mol. The lowest BCUT2D eigenvalue weighted by Gasteiger charge is -2.17. The minimum absolute atomic E-state index is 0.302. The van der Waals surface area contributed by atoms with Crippen molar-refractivity contribution < 1.29 is 4.74 Å². The van der Waals surface area contributed by atoms with E-state index in [0.717, 1.165) is 47.6 Å². The van der Waals surface area contributed by atoms with Crippen LogP contribution in [-0.2, 0) is 6.42 Å². The average Bonchev–Trinajstić information content (AvgIpc) is 2.38. The van der Waals surface area contributed by atoms with Crippen LogP contribution in [0.1, 0.15) is 49.8 Å². The Balaban J connectivity index is 2.90. The number of ether oxygens (including phenoxy) is 1. The second-order valence-electron chi connectivity index (χ2n) is 5.10. The van der Waals surface area contributed by atoms with E-state index in [1.165, 1.54) is 5.56 Å². The van der Waals surface area contributed by atoms with Gasteiger partial charge in [-0.2, -0.15) is 0 Å². The fourth-order valence-corrected chi connectivity index (χ4v) is 2.59. The van der Waals surface area contributed by atoms with Crippen LogP contribution in [0.25, 0.3) is 0 Å². The van der Waals surface area contributed by atoms with Crippen molar-refractivity contribution in [2.24, 2.45) is 5.73 Å². The van der Waals surface area contributed by atoms with E-state index < -0.39 is 0 Å². The normalized spacial score (nSPS) is 12.5. The van der Waals surface area contributed by atoms with Gasteiger partial charge in [-0.1, -0.05) is 18.5 Å². The summed E-state index contributed by atoms with van der Waals surface area (Å²) in [5, 5.41) is 0.829. The highest BCUT2D eigenvalue weighted by Crippen LogP contribution is 2.33. The minimum Gasteiger partial charge on any atom is -0.493 e. The Morgan fingerprint density at radius 3 is 2.58 bits per heavy atom. The van der Waals surface area contributed by atoms with Crippen molar-refractivity contribution in [3.63, 3.8) is 0 Å². The molecule has 1 aromatic carbocycles. The number of hydrogen-bond donors (Lipinski definition) is 1. The molecule has 0 bridgehead atoms. The molecule has 1 unspecified atom stereocenters. The zero-order valence-corrected chi connectivity index (χ0v) is 13.3. The zero-order valence-electron chi connectivity index (χ0n) is 12.6. The van der Waals surface area contributed by atoms with Gasteiger partial charge < -0.3 is 10.5 Å². The van der Waals surface area contributed by atoms with Crippen molar-refractivity contribution >= 4 is 11.6 Å². The molecule has 1 aromatic rings. The number of rotatable bonds is 7. The molecule has 19 heavy (non-hydrogen) atoms. The van der Waals surface area contributed by atoms with Crippen molar-refractivity contribution in [2.45, 2.75) is 59.4 Å². The van der Waals surface area contributed by atoms with Crippen LogP contribution in [0.3, 0.4) is 0 Å². The molecule has 2 N–H and O–H groups in total. The van der Waals surface area contributed by atoms with Gasteiger partial charge in [-0.3, -0.25) is 0 Å². The maximum absolute atomic E-state index is 6.28. The summed E-state index contributed by atoms with van der Waals surface area (Å²) in [5.74, 6) is 1.01. The van der Waals surface area contributed by atoms with Gasteiger partial charge in [0, 0.05) is 11.1 Å². The van der Waals surface area contributed by atoms with Crippen molar-refractivity contribution in [2.75, 3.05) is 6.61 Å². The van der Waals surface area contributed by atoms with Gasteiger partial charge in [-0.15, -0.1) is 0 Å². The lowest BCUT2D eigenvalue weighted by Crippen LogP contribution is -2.18. The fourth-order valence-electron chi connectivity index (χ4n) is 2.31. The zero-order chi connectivity index (χ0) is 14.4. The standard InChI is InChI=1S/C16H26ClNO/c1-5-13(18)8-7-9-14-12(4)15(17)10-11(3)16(14)19-6-2/h10,13H,5-9,18H2,1-4H3. The van der Waals surface area contributed by atoms with Crippen LogP contribution in [0, 0.1) is 13.8 Å². The molecule has 0 radical (unpaired) electrons. The Kier molecular flexibility index (Phi) is 6.67. The molecule has 0 heterocycles. The lowest BCUT2D eigenvalue weighted by atomic mass is 9.97. The van der Waals surface area contributed by atoms with Gasteiger partial charge in [0.05, 0.1) is 6.61 Å². The summed E-state index contributed by atoms with van der Waals surface area (Å²) in [6, 6.07) is 2.29. The minimum atomic E-state index is 0.302. The Morgan fingerprint density at radius 1 is 1.32 bits per heavy atom. The van der Waals surface area contributed by atoms with Gasteiger partial charge in [-0.25, -0.2) is 0 Å². The van der Waals surface area contributed by atoms with Crippen LogP contribution in [0.4, 0.5) is 0 Å². The molecule has 0 saturated carbocycles. The van der Waals surface area contributed by atoms with Gasteiger partial charge in [0.15, 0.2) is 0 Å². The van der Waals surface area contributed by atoms with E-state index in [1.54, 1.807) is 0 Å². The van der Waals surface area contributed by atoms with Crippen molar-refractivity contribution in [1.29, 1.82) is 0 Å². The quantitative estimate of drug-likeness (QED) is 0.804. The number of nitrogens with two attached hydrogens (primary N) is 1. The van der Waals surface area contributed by atoms with Gasteiger partial charge in [0.2, 0.25) is 0 Å². The smallest absolute Gasteiger partial charge is 0.125 e. The molecule has 108 valence electrons. The van der Waals surface area contributed by atoms with Gasteiger partial charge in [0.25, 0.3) is 0 Å². The second-order valence-corrected chi connectivity index (χ2v) is 5.51. The first-order chi connectivity index (χ1) is 9.01. The largest absolute Gasteiger partial charge is 0.493 e. The van der Waals surface area contributed by atoms with Crippen LogP contribution < -0.4 is 10.5 Å². The predicted octanol–water partition coefficient (Wildman–Crippen LogP) is 4.42. The van der Waals surface area contributed by atoms with Crippen LogP contribution in [0.2, 0.25) is 5.02 Å². The van der Waals surface area contributed by atoms with Crippen LogP contribution in [0.5, 0.6) is 5.75 Å². The molecular formula is C16H26ClNO. The predicted molar refractivity (Wildman–Crippen MR) is 83.3 cm³/mol. The molecule has 2 nitrogen and oxygen atoms in total. The Hall–Kier alpha value is -0.730. The number of hydrogen-bond acceptors (Lipinski definition) is 2. The van der Waals surface area contributed by atoms with E-state index in [1.807, 2.05) is 13.0 Å². The van der Waals surface area contributed by atoms with E-state index in [-0.39, 0.29) is 0 Å². The van der Waals surface area contributed by atoms with E-state index >= 15 is 0 Å². The number of aryl methyl sites for hydroxylation is 1. The molecule has 0 saturated heterocycles. The topological polar surface area (TPSA) is 35.2 Å². The molecule has 0 amide bonds. The lowest BCUT2D eigenvalue weighted by molar-refractivity contribution is 0.333. The second kappa shape index (κ2) is 7.76. The SMILES string of the molecule is CCOc1c(C)cc(Cl)c(C)c1CCCC(N)CC. The van der Waals surface area contributed by atoms with Crippen LogP contribution in [-0.4, -0.2) is 12.6 Å². The maximum Gasteiger partial charge on any atom is 0.125 e. The first-order valence-electron chi connectivity index (χ1n) is 7.18. The third kappa shape index (κ3) is 4.39. The molecule has 0 aliphatic rings. The molecule has 0 aliphatic carbocycles. The summed E-state index contributed by atoms with van der Waals surface area (Å²) in [5.41, 5.74) is 9.48. The Labute approximate surface area is 122 Å². The van der Waals surface area contributed by atoms with E-state index in [4.69, 9.17) is 22.1 Å². The summed E-state index contributed by atoms with van der Waals surface area (Å²) in [6.45, 7) is 8.95. The third-order valence-electron chi connectivity index (χ3n) is 3.60. The summed E-state index contributed by atoms with van der Waals surface area (Å²) < 4.78 is 5.80. The van der Waals surface area contributed by atoms with Gasteiger partial charge in [-0.05, 0) is 69.2 Å². The molecule has 0 aromatic heterocycles. The summed E-state index contributed by atoms with van der Waals surface area (Å²) in [4.78, 5) is 0.